The average Bonchev–Trinajstić information content (AvgIpc) is 3.38. The Bertz CT molecular complexity index is 1130. The molecule has 6 nitrogen and oxygen atoms in total. The summed E-state index contributed by atoms with van der Waals surface area (Å²) < 4.78 is 9.51. The molecule has 0 saturated carbocycles. The van der Waals surface area contributed by atoms with Gasteiger partial charge < -0.3 is 9.64 Å². The number of aryl methyl sites for hydroxylation is 2. The van der Waals surface area contributed by atoms with E-state index in [4.69, 9.17) is 4.74 Å². The smallest absolute Gasteiger partial charge is 0.271 e. The monoisotopic (exact) mass is 448 g/mol. The lowest BCUT2D eigenvalue weighted by Gasteiger charge is -2.40. The first kappa shape index (κ1) is 21.1. The van der Waals surface area contributed by atoms with Gasteiger partial charge in [0.1, 0.15) is 10.6 Å². The van der Waals surface area contributed by atoms with Crippen molar-refractivity contribution >= 4 is 23.1 Å². The predicted octanol–water partition coefficient (Wildman–Crippen LogP) is 4.36. The summed E-state index contributed by atoms with van der Waals surface area (Å²) in [5.41, 5.74) is 5.52. The lowest BCUT2D eigenvalue weighted by Crippen LogP contribution is -2.45. The Labute approximate surface area is 193 Å². The number of rotatable bonds is 4. The molecule has 2 aromatic carbocycles. The Hall–Kier alpha value is -2.77. The number of piperidine rings is 1. The first-order valence-electron chi connectivity index (χ1n) is 11.1. The van der Waals surface area contributed by atoms with Gasteiger partial charge in [0.25, 0.3) is 5.91 Å². The number of nitrogens with zero attached hydrogens (tertiary/aromatic N) is 4. The standard InChI is InChI=1S/C25H28N4O2S/c1-17-4-6-19(7-5-17)15-28-12-10-25(11-13-28)16-29(24(30)23-18(2)26-27-32-23)22-9-8-20(31-3)14-21(22)25/h4-9,14H,10-13,15-16H2,1-3H3. The van der Waals surface area contributed by atoms with Crippen LogP contribution < -0.4 is 9.64 Å². The van der Waals surface area contributed by atoms with E-state index >= 15 is 0 Å². The number of amides is 1. The fourth-order valence-electron chi connectivity index (χ4n) is 5.03. The lowest BCUT2D eigenvalue weighted by molar-refractivity contribution is 0.0978. The third kappa shape index (κ3) is 3.69. The van der Waals surface area contributed by atoms with E-state index < -0.39 is 0 Å². The van der Waals surface area contributed by atoms with E-state index in [0.717, 1.165) is 43.9 Å². The Balaban J connectivity index is 1.40. The molecule has 7 heteroatoms. The number of hydrogen-bond acceptors (Lipinski definition) is 6. The highest BCUT2D eigenvalue weighted by Gasteiger charge is 2.47. The molecule has 1 fully saturated rings. The molecule has 0 unspecified atom stereocenters. The summed E-state index contributed by atoms with van der Waals surface area (Å²) in [5, 5.41) is 4.05. The lowest BCUT2D eigenvalue weighted by atomic mass is 9.74. The summed E-state index contributed by atoms with van der Waals surface area (Å²) in [6, 6.07) is 14.9. The number of hydrogen-bond donors (Lipinski definition) is 0. The van der Waals surface area contributed by atoms with Crippen molar-refractivity contribution in [2.45, 2.75) is 38.6 Å². The molecule has 3 aromatic rings. The quantitative estimate of drug-likeness (QED) is 0.594. The third-order valence-electron chi connectivity index (χ3n) is 6.96. The minimum Gasteiger partial charge on any atom is -0.497 e. The maximum atomic E-state index is 13.4. The van der Waals surface area contributed by atoms with Gasteiger partial charge in [-0.2, -0.15) is 0 Å². The highest BCUT2D eigenvalue weighted by molar-refractivity contribution is 7.08. The molecule has 1 spiro atoms. The normalized spacial score (nSPS) is 17.5. The van der Waals surface area contributed by atoms with E-state index in [9.17, 15) is 4.79 Å². The molecule has 1 aromatic heterocycles. The number of carbonyl (C=O) groups is 1. The Morgan fingerprint density at radius 2 is 1.88 bits per heavy atom. The number of methoxy groups -OCH3 is 1. The van der Waals surface area contributed by atoms with Gasteiger partial charge in [0.15, 0.2) is 0 Å². The zero-order chi connectivity index (χ0) is 22.3. The van der Waals surface area contributed by atoms with E-state index in [1.54, 1.807) is 7.11 Å². The molecule has 0 aliphatic carbocycles. The van der Waals surface area contributed by atoms with Gasteiger partial charge in [0.2, 0.25) is 0 Å². The molecule has 1 saturated heterocycles. The molecule has 0 N–H and O–H groups in total. The van der Waals surface area contributed by atoms with Crippen molar-refractivity contribution in [3.8, 4) is 5.75 Å². The van der Waals surface area contributed by atoms with Crippen LogP contribution >= 0.6 is 11.5 Å². The predicted molar refractivity (Wildman–Crippen MR) is 127 cm³/mol. The van der Waals surface area contributed by atoms with Crippen molar-refractivity contribution in [1.82, 2.24) is 14.5 Å². The van der Waals surface area contributed by atoms with E-state index in [1.165, 1.54) is 28.2 Å². The Morgan fingerprint density at radius 1 is 1.12 bits per heavy atom. The first-order valence-corrected chi connectivity index (χ1v) is 11.8. The van der Waals surface area contributed by atoms with E-state index in [1.807, 2.05) is 24.0 Å². The van der Waals surface area contributed by atoms with Crippen LogP contribution in [0.15, 0.2) is 42.5 Å². The van der Waals surface area contributed by atoms with Crippen molar-refractivity contribution in [3.63, 3.8) is 0 Å². The van der Waals surface area contributed by atoms with E-state index in [-0.39, 0.29) is 11.3 Å². The van der Waals surface area contributed by atoms with Gasteiger partial charge in [-0.15, -0.1) is 5.10 Å². The summed E-state index contributed by atoms with van der Waals surface area (Å²) in [4.78, 5) is 18.5. The molecule has 5 rings (SSSR count). The molecule has 2 aliphatic rings. The van der Waals surface area contributed by atoms with Crippen LogP contribution in [-0.4, -0.2) is 47.1 Å². The van der Waals surface area contributed by atoms with Crippen molar-refractivity contribution in [2.24, 2.45) is 0 Å². The molecule has 166 valence electrons. The van der Waals surface area contributed by atoms with Crippen LogP contribution in [0.25, 0.3) is 0 Å². The maximum Gasteiger partial charge on any atom is 0.271 e. The van der Waals surface area contributed by atoms with Gasteiger partial charge in [-0.1, -0.05) is 34.3 Å². The molecular weight excluding hydrogens is 420 g/mol. The van der Waals surface area contributed by atoms with Gasteiger partial charge >= 0.3 is 0 Å². The number of likely N-dealkylation sites (tertiary alicyclic amines) is 1. The molecule has 3 heterocycles. The van der Waals surface area contributed by atoms with Crippen LogP contribution in [0.3, 0.4) is 0 Å². The minimum atomic E-state index is -0.0463. The van der Waals surface area contributed by atoms with Crippen molar-refractivity contribution < 1.29 is 9.53 Å². The molecule has 1 amide bonds. The molecule has 0 bridgehead atoms. The number of benzene rings is 2. The van der Waals surface area contributed by atoms with Crippen LogP contribution in [0.5, 0.6) is 5.75 Å². The molecule has 0 radical (unpaired) electrons. The van der Waals surface area contributed by atoms with Crippen molar-refractivity contribution in [2.75, 3.05) is 31.6 Å². The maximum absolute atomic E-state index is 13.4. The Kier molecular flexibility index (Phi) is 5.47. The topological polar surface area (TPSA) is 58.6 Å². The van der Waals surface area contributed by atoms with Crippen LogP contribution in [0.1, 0.15) is 44.9 Å². The summed E-state index contributed by atoms with van der Waals surface area (Å²) >= 11 is 1.18. The average molecular weight is 449 g/mol. The van der Waals surface area contributed by atoms with Crippen LogP contribution in [0, 0.1) is 13.8 Å². The van der Waals surface area contributed by atoms with Gasteiger partial charge in [0, 0.05) is 24.2 Å². The first-order chi connectivity index (χ1) is 15.5. The second-order valence-electron chi connectivity index (χ2n) is 9.00. The zero-order valence-corrected chi connectivity index (χ0v) is 19.6. The SMILES string of the molecule is COc1ccc2c(c1)C1(CCN(Cc3ccc(C)cc3)CC1)CN2C(=O)c1snnc1C. The fourth-order valence-corrected chi connectivity index (χ4v) is 5.63. The largest absolute Gasteiger partial charge is 0.497 e. The number of aromatic nitrogens is 2. The van der Waals surface area contributed by atoms with Gasteiger partial charge in [-0.25, -0.2) is 0 Å². The van der Waals surface area contributed by atoms with Gasteiger partial charge in [-0.3, -0.25) is 9.69 Å². The molecule has 32 heavy (non-hydrogen) atoms. The summed E-state index contributed by atoms with van der Waals surface area (Å²) in [7, 11) is 1.70. The van der Waals surface area contributed by atoms with E-state index in [2.05, 4.69) is 51.7 Å². The van der Waals surface area contributed by atoms with Crippen LogP contribution in [-0.2, 0) is 12.0 Å². The summed E-state index contributed by atoms with van der Waals surface area (Å²) in [6.07, 6.45) is 2.03. The highest BCUT2D eigenvalue weighted by Crippen LogP contribution is 2.49. The Morgan fingerprint density at radius 3 is 2.53 bits per heavy atom. The van der Waals surface area contributed by atoms with Crippen molar-refractivity contribution in [3.05, 3.63) is 69.7 Å². The minimum absolute atomic E-state index is 0.00266. The van der Waals surface area contributed by atoms with Crippen LogP contribution in [0.2, 0.25) is 0 Å². The summed E-state index contributed by atoms with van der Waals surface area (Å²) in [5.74, 6) is 0.845. The third-order valence-corrected chi connectivity index (χ3v) is 7.77. The molecular formula is C25H28N4O2S. The molecule has 0 atom stereocenters. The molecule has 2 aliphatic heterocycles. The second-order valence-corrected chi connectivity index (χ2v) is 9.76. The number of anilines is 1. The highest BCUT2D eigenvalue weighted by atomic mass is 32.1. The van der Waals surface area contributed by atoms with E-state index in [0.29, 0.717) is 17.1 Å². The van der Waals surface area contributed by atoms with Gasteiger partial charge in [0.05, 0.1) is 12.8 Å². The zero-order valence-electron chi connectivity index (χ0n) is 18.8. The van der Waals surface area contributed by atoms with Crippen LogP contribution in [0.4, 0.5) is 5.69 Å². The van der Waals surface area contributed by atoms with Crippen molar-refractivity contribution in [1.29, 1.82) is 0 Å². The summed E-state index contributed by atoms with van der Waals surface area (Å²) in [6.45, 7) is 7.65. The number of ether oxygens (including phenoxy) is 1. The van der Waals surface area contributed by atoms with Gasteiger partial charge in [-0.05, 0) is 80.6 Å². The fraction of sp³-hybridized carbons (Fsp3) is 0.400. The second kappa shape index (κ2) is 8.30. The number of carbonyl (C=O) groups excluding carboxylic acids is 1. The number of fused-ring (bicyclic) bond motifs is 2.